The predicted octanol–water partition coefficient (Wildman–Crippen LogP) is 17.0. The van der Waals surface area contributed by atoms with Crippen LogP contribution in [-0.4, -0.2) is 95.4 Å². The van der Waals surface area contributed by atoms with Gasteiger partial charge in [0.15, 0.2) is 6.29 Å². The Labute approximate surface area is 480 Å². The summed E-state index contributed by atoms with van der Waals surface area (Å²) >= 11 is 0. The molecule has 0 aromatic rings. The number of aliphatic hydroxyl groups excluding tert-OH is 4. The van der Waals surface area contributed by atoms with Crippen LogP contribution in [0.3, 0.4) is 0 Å². The third-order valence-corrected chi connectivity index (χ3v) is 16.8. The minimum atomic E-state index is -5.08. The quantitative estimate of drug-likeness (QED) is 0.0193. The summed E-state index contributed by atoms with van der Waals surface area (Å²) in [6.45, 7) is 3.52. The summed E-state index contributed by atoms with van der Waals surface area (Å²) in [6, 6.07) is -0.857. The topological polar surface area (TPSA) is 192 Å². The molecule has 464 valence electrons. The van der Waals surface area contributed by atoms with Gasteiger partial charge in [-0.15, -0.1) is 0 Å². The van der Waals surface area contributed by atoms with Crippen LogP contribution in [0.5, 0.6) is 0 Å². The molecule has 6 N–H and O–H groups in total. The molecule has 1 saturated heterocycles. The number of allylic oxidation sites excluding steroid dienone is 2. The normalized spacial score (nSPS) is 18.8. The Morgan fingerprint density at radius 3 is 1.15 bits per heavy atom. The molecule has 0 aromatic carbocycles. The minimum absolute atomic E-state index is 0.223. The molecule has 1 aliphatic rings. The monoisotopic (exact) mass is 1130 g/mol. The van der Waals surface area contributed by atoms with Crippen molar-refractivity contribution in [3.05, 3.63) is 12.2 Å². The number of carbonyl (C=O) groups is 1. The van der Waals surface area contributed by atoms with Gasteiger partial charge in [0, 0.05) is 6.42 Å². The van der Waals surface area contributed by atoms with E-state index in [1.54, 1.807) is 0 Å². The van der Waals surface area contributed by atoms with Gasteiger partial charge in [0.1, 0.15) is 24.4 Å². The molecule has 1 aliphatic heterocycles. The number of carbonyl (C=O) groups excluding carboxylic acids is 1. The van der Waals surface area contributed by atoms with Crippen LogP contribution in [-0.2, 0) is 28.9 Å². The summed E-state index contributed by atoms with van der Waals surface area (Å²) in [6.07, 6.45) is 59.5. The van der Waals surface area contributed by atoms with Gasteiger partial charge in [0.25, 0.3) is 0 Å². The number of ether oxygens (including phenoxy) is 2. The summed E-state index contributed by atoms with van der Waals surface area (Å²) in [5.41, 5.74) is 0. The lowest BCUT2D eigenvalue weighted by atomic mass is 9.99. The Morgan fingerprint density at radius 2 is 0.821 bits per heavy atom. The van der Waals surface area contributed by atoms with Gasteiger partial charge in [0.05, 0.1) is 25.4 Å². The molecule has 0 saturated carbocycles. The number of nitrogens with one attached hydrogen (secondary N) is 1. The second kappa shape index (κ2) is 55.1. The van der Waals surface area contributed by atoms with E-state index in [0.717, 1.165) is 51.4 Å². The number of hydrogen-bond donors (Lipinski definition) is 6. The molecule has 12 nitrogen and oxygen atoms in total. The molecular weight excluding hydrogens is 1000 g/mol. The van der Waals surface area contributed by atoms with E-state index in [9.17, 15) is 38.2 Å². The van der Waals surface area contributed by atoms with E-state index in [2.05, 4.69) is 35.5 Å². The third-order valence-electron chi connectivity index (χ3n) is 16.3. The summed E-state index contributed by atoms with van der Waals surface area (Å²) < 4.78 is 48.1. The maximum absolute atomic E-state index is 13.2. The first kappa shape index (κ1) is 74.9. The van der Waals surface area contributed by atoms with E-state index in [0.29, 0.717) is 12.8 Å². The van der Waals surface area contributed by atoms with Crippen molar-refractivity contribution in [2.45, 2.75) is 384 Å². The van der Waals surface area contributed by atoms with Crippen LogP contribution in [0.4, 0.5) is 0 Å². The summed E-state index contributed by atoms with van der Waals surface area (Å²) in [7, 11) is -5.08. The standard InChI is InChI=1S/C65H127NO11S/c1-3-5-7-9-11-13-15-17-19-21-23-25-27-28-29-30-31-32-33-35-37-39-41-43-45-47-49-51-53-55-61(69)66-58(57-75-65-63(71)64(77-78(72,73)74)62(70)60(56-67)76-65)59(68)54-52-50-48-46-44-42-40-38-36-34-26-24-22-20-18-16-14-12-10-8-6-4-2/h28-29,58-60,62-65,67-68,70-71H,3-27,30-57H2,1-2H3,(H,66,69)(H,72,73,74)/b29-28-. The van der Waals surface area contributed by atoms with Crippen molar-refractivity contribution < 1.29 is 51.8 Å². The fourth-order valence-electron chi connectivity index (χ4n) is 11.2. The molecule has 1 heterocycles. The Morgan fingerprint density at radius 1 is 0.500 bits per heavy atom. The van der Waals surface area contributed by atoms with Gasteiger partial charge in [0.2, 0.25) is 5.91 Å². The number of rotatable bonds is 60. The molecule has 1 fully saturated rings. The van der Waals surface area contributed by atoms with Gasteiger partial charge in [-0.25, -0.2) is 4.18 Å². The highest BCUT2D eigenvalue weighted by Gasteiger charge is 2.48. The number of unbranched alkanes of at least 4 members (excludes halogenated alkanes) is 46. The van der Waals surface area contributed by atoms with E-state index >= 15 is 0 Å². The lowest BCUT2D eigenvalue weighted by molar-refractivity contribution is -0.298. The Hall–Kier alpha value is -1.16. The first-order valence-corrected chi connectivity index (χ1v) is 34.9. The molecule has 1 amide bonds. The largest absolute Gasteiger partial charge is 0.397 e. The van der Waals surface area contributed by atoms with Crippen LogP contribution in [0.25, 0.3) is 0 Å². The molecule has 78 heavy (non-hydrogen) atoms. The number of hydrogen-bond acceptors (Lipinski definition) is 10. The first-order valence-electron chi connectivity index (χ1n) is 33.6. The Balaban J connectivity index is 2.25. The average Bonchev–Trinajstić information content (AvgIpc) is 3.45. The van der Waals surface area contributed by atoms with Crippen molar-refractivity contribution in [1.29, 1.82) is 0 Å². The van der Waals surface area contributed by atoms with Crippen molar-refractivity contribution in [2.24, 2.45) is 0 Å². The molecule has 0 bridgehead atoms. The molecule has 0 aromatic heterocycles. The van der Waals surface area contributed by atoms with E-state index in [1.165, 1.54) is 263 Å². The zero-order chi connectivity index (χ0) is 56.8. The first-order chi connectivity index (χ1) is 38.0. The zero-order valence-corrected chi connectivity index (χ0v) is 51.6. The number of aliphatic hydroxyl groups is 4. The molecule has 0 radical (unpaired) electrons. The molecule has 0 spiro atoms. The van der Waals surface area contributed by atoms with Crippen LogP contribution in [0.1, 0.15) is 341 Å². The van der Waals surface area contributed by atoms with Gasteiger partial charge in [-0.2, -0.15) is 8.42 Å². The van der Waals surface area contributed by atoms with Gasteiger partial charge >= 0.3 is 10.4 Å². The average molecular weight is 1130 g/mol. The Kier molecular flexibility index (Phi) is 52.8. The van der Waals surface area contributed by atoms with Crippen molar-refractivity contribution >= 4 is 16.3 Å². The van der Waals surface area contributed by atoms with Gasteiger partial charge in [-0.1, -0.05) is 309 Å². The third kappa shape index (κ3) is 46.3. The molecular formula is C65H127NO11S. The smallest absolute Gasteiger partial charge is 0.394 e. The van der Waals surface area contributed by atoms with Gasteiger partial charge in [-0.05, 0) is 38.5 Å². The fraction of sp³-hybridized carbons (Fsp3) is 0.954. The van der Waals surface area contributed by atoms with Crippen molar-refractivity contribution in [3.63, 3.8) is 0 Å². The summed E-state index contributed by atoms with van der Waals surface area (Å²) in [5, 5.41) is 45.3. The molecule has 0 aliphatic carbocycles. The fourth-order valence-corrected chi connectivity index (χ4v) is 11.7. The van der Waals surface area contributed by atoms with Gasteiger partial charge in [-0.3, -0.25) is 9.35 Å². The minimum Gasteiger partial charge on any atom is -0.394 e. The second-order valence-corrected chi connectivity index (χ2v) is 24.8. The van der Waals surface area contributed by atoms with Crippen LogP contribution in [0, 0.1) is 0 Å². The lowest BCUT2D eigenvalue weighted by Crippen LogP contribution is -2.61. The molecule has 1 rings (SSSR count). The maximum atomic E-state index is 13.2. The summed E-state index contributed by atoms with van der Waals surface area (Å²) in [4.78, 5) is 13.2. The van der Waals surface area contributed by atoms with Crippen LogP contribution >= 0.6 is 0 Å². The SMILES string of the molecule is CCCCCCCCCCCCCC/C=C\CCCCCCCCCCCCCCCC(=O)NC(COC1OC(CO)C(O)C(OS(=O)(=O)O)C1O)C(O)CCCCCCCCCCCCCCCCCCCCCCCC. The van der Waals surface area contributed by atoms with E-state index < -0.39 is 59.9 Å². The van der Waals surface area contributed by atoms with Crippen LogP contribution < -0.4 is 5.32 Å². The van der Waals surface area contributed by atoms with Crippen LogP contribution in [0.2, 0.25) is 0 Å². The van der Waals surface area contributed by atoms with E-state index in [1.807, 2.05) is 0 Å². The molecule has 13 heteroatoms. The second-order valence-electron chi connectivity index (χ2n) is 23.8. The van der Waals surface area contributed by atoms with Crippen molar-refractivity contribution in [3.8, 4) is 0 Å². The Bertz CT molecular complexity index is 1420. The number of amides is 1. The van der Waals surface area contributed by atoms with Gasteiger partial charge < -0.3 is 35.2 Å². The van der Waals surface area contributed by atoms with Crippen molar-refractivity contribution in [1.82, 2.24) is 5.32 Å². The highest BCUT2D eigenvalue weighted by Crippen LogP contribution is 2.27. The lowest BCUT2D eigenvalue weighted by Gasteiger charge is -2.41. The molecule has 7 unspecified atom stereocenters. The maximum Gasteiger partial charge on any atom is 0.397 e. The highest BCUT2D eigenvalue weighted by atomic mass is 32.3. The molecule has 7 atom stereocenters. The highest BCUT2D eigenvalue weighted by molar-refractivity contribution is 7.80. The van der Waals surface area contributed by atoms with E-state index in [-0.39, 0.29) is 12.5 Å². The van der Waals surface area contributed by atoms with Crippen LogP contribution in [0.15, 0.2) is 12.2 Å². The summed E-state index contributed by atoms with van der Waals surface area (Å²) in [5.74, 6) is -0.223. The zero-order valence-electron chi connectivity index (χ0n) is 50.8. The predicted molar refractivity (Wildman–Crippen MR) is 324 cm³/mol. The van der Waals surface area contributed by atoms with E-state index in [4.69, 9.17) is 9.47 Å². The van der Waals surface area contributed by atoms with Crippen molar-refractivity contribution in [2.75, 3.05) is 13.2 Å².